The molecule has 6 nitrogen and oxygen atoms in total. The van der Waals surface area contributed by atoms with E-state index in [2.05, 4.69) is 23.3 Å². The minimum absolute atomic E-state index is 0.133. The normalized spacial score (nSPS) is 11.4. The first-order chi connectivity index (χ1) is 12.0. The molecule has 0 unspecified atom stereocenters. The summed E-state index contributed by atoms with van der Waals surface area (Å²) in [5.41, 5.74) is 1.61. The zero-order valence-electron chi connectivity index (χ0n) is 14.9. The minimum atomic E-state index is -0.203. The summed E-state index contributed by atoms with van der Waals surface area (Å²) in [5.74, 6) is 3.27. The van der Waals surface area contributed by atoms with Crippen molar-refractivity contribution in [3.63, 3.8) is 0 Å². The van der Waals surface area contributed by atoms with E-state index in [1.165, 1.54) is 0 Å². The molecule has 1 heterocycles. The number of nitrogens with one attached hydrogen (secondary N) is 1. The van der Waals surface area contributed by atoms with Crippen LogP contribution in [0.1, 0.15) is 25.8 Å². The van der Waals surface area contributed by atoms with E-state index in [1.807, 2.05) is 37.4 Å². The number of carbonyl (C=O) groups is 1. The Morgan fingerprint density at radius 3 is 3.04 bits per heavy atom. The highest BCUT2D eigenvalue weighted by molar-refractivity contribution is 5.89. The van der Waals surface area contributed by atoms with Gasteiger partial charge in [-0.3, -0.25) is 4.68 Å². The van der Waals surface area contributed by atoms with Gasteiger partial charge in [0.05, 0.1) is 18.8 Å². The zero-order chi connectivity index (χ0) is 18.2. The van der Waals surface area contributed by atoms with Crippen LogP contribution in [-0.4, -0.2) is 33.9 Å². The van der Waals surface area contributed by atoms with E-state index < -0.39 is 0 Å². The van der Waals surface area contributed by atoms with E-state index in [0.29, 0.717) is 18.8 Å². The number of rotatable bonds is 7. The quantitative estimate of drug-likeness (QED) is 0.786. The van der Waals surface area contributed by atoms with Crippen LogP contribution in [-0.2, 0) is 13.1 Å². The maximum absolute atomic E-state index is 12.4. The van der Waals surface area contributed by atoms with Crippen LogP contribution >= 0.6 is 0 Å². The second-order valence-electron chi connectivity index (χ2n) is 5.90. The smallest absolute Gasteiger partial charge is 0.321 e. The van der Waals surface area contributed by atoms with Crippen LogP contribution in [0.2, 0.25) is 0 Å². The van der Waals surface area contributed by atoms with Crippen LogP contribution in [0.4, 0.5) is 10.5 Å². The van der Waals surface area contributed by atoms with Gasteiger partial charge in [0.1, 0.15) is 12.3 Å². The fraction of sp³-hybridized carbons (Fsp3) is 0.368. The van der Waals surface area contributed by atoms with Crippen molar-refractivity contribution >= 4 is 11.7 Å². The molecule has 0 saturated carbocycles. The number of hydrogen-bond donors (Lipinski definition) is 1. The summed E-state index contributed by atoms with van der Waals surface area (Å²) < 4.78 is 7.44. The predicted octanol–water partition coefficient (Wildman–Crippen LogP) is 3.36. The molecule has 0 aliphatic heterocycles. The molecule has 2 aromatic rings. The van der Waals surface area contributed by atoms with Gasteiger partial charge in [0.25, 0.3) is 0 Å². The molecule has 6 heteroatoms. The lowest BCUT2D eigenvalue weighted by atomic mass is 10.2. The van der Waals surface area contributed by atoms with Gasteiger partial charge < -0.3 is 15.0 Å². The Morgan fingerprint density at radius 2 is 2.32 bits per heavy atom. The lowest BCUT2D eigenvalue weighted by molar-refractivity contribution is 0.217. The molecular weight excluding hydrogens is 316 g/mol. The lowest BCUT2D eigenvalue weighted by Gasteiger charge is -2.18. The molecule has 0 saturated heterocycles. The Kier molecular flexibility index (Phi) is 6.47. The number of terminal acetylenes is 1. The number of benzene rings is 1. The highest BCUT2D eigenvalue weighted by atomic mass is 16.5. The Morgan fingerprint density at radius 1 is 1.52 bits per heavy atom. The SMILES string of the molecule is C#CCn1cc(CN(C)C(=O)Nc2cccc(O[C@H](C)CC)c2)cn1. The Labute approximate surface area is 148 Å². The molecule has 1 atom stereocenters. The monoisotopic (exact) mass is 340 g/mol. The molecule has 0 spiro atoms. The van der Waals surface area contributed by atoms with Crippen LogP contribution in [0.25, 0.3) is 0 Å². The summed E-state index contributed by atoms with van der Waals surface area (Å²) in [6.45, 7) is 4.94. The number of anilines is 1. The van der Waals surface area contributed by atoms with Crippen LogP contribution in [0.3, 0.4) is 0 Å². The van der Waals surface area contributed by atoms with Crippen LogP contribution < -0.4 is 10.1 Å². The number of aromatic nitrogens is 2. The van der Waals surface area contributed by atoms with E-state index in [4.69, 9.17) is 11.2 Å². The molecule has 1 aromatic heterocycles. The van der Waals surface area contributed by atoms with Gasteiger partial charge in [-0.2, -0.15) is 5.10 Å². The van der Waals surface area contributed by atoms with Gasteiger partial charge in [0, 0.05) is 30.6 Å². The molecule has 0 bridgehead atoms. The van der Waals surface area contributed by atoms with Gasteiger partial charge in [-0.15, -0.1) is 6.42 Å². The summed E-state index contributed by atoms with van der Waals surface area (Å²) in [6.07, 6.45) is 9.86. The van der Waals surface area contributed by atoms with E-state index in [-0.39, 0.29) is 12.1 Å². The van der Waals surface area contributed by atoms with E-state index in [9.17, 15) is 4.79 Å². The zero-order valence-corrected chi connectivity index (χ0v) is 14.9. The van der Waals surface area contributed by atoms with Crippen molar-refractivity contribution in [2.75, 3.05) is 12.4 Å². The molecule has 0 fully saturated rings. The molecule has 1 aromatic carbocycles. The number of ether oxygens (including phenoxy) is 1. The standard InChI is InChI=1S/C19H24N4O2/c1-5-10-23-14-16(12-20-23)13-22(4)19(24)21-17-8-7-9-18(11-17)25-15(3)6-2/h1,7-9,11-12,14-15H,6,10,13H2,2-4H3,(H,21,24)/t15-/m1/s1. The largest absolute Gasteiger partial charge is 0.491 e. The van der Waals surface area contributed by atoms with Crippen molar-refractivity contribution in [2.24, 2.45) is 0 Å². The van der Waals surface area contributed by atoms with E-state index in [1.54, 1.807) is 22.8 Å². The molecule has 25 heavy (non-hydrogen) atoms. The lowest BCUT2D eigenvalue weighted by Crippen LogP contribution is -2.30. The molecule has 2 rings (SSSR count). The Bertz CT molecular complexity index is 748. The first-order valence-corrected chi connectivity index (χ1v) is 8.25. The van der Waals surface area contributed by atoms with Crippen molar-refractivity contribution in [3.8, 4) is 18.1 Å². The Balaban J connectivity index is 1.94. The number of hydrogen-bond acceptors (Lipinski definition) is 3. The summed E-state index contributed by atoms with van der Waals surface area (Å²) in [7, 11) is 1.73. The predicted molar refractivity (Wildman–Crippen MR) is 98.4 cm³/mol. The van der Waals surface area contributed by atoms with E-state index >= 15 is 0 Å². The van der Waals surface area contributed by atoms with Crippen molar-refractivity contribution in [2.45, 2.75) is 39.5 Å². The molecule has 132 valence electrons. The average molecular weight is 340 g/mol. The minimum Gasteiger partial charge on any atom is -0.491 e. The number of amides is 2. The maximum atomic E-state index is 12.4. The van der Waals surface area contributed by atoms with Crippen molar-refractivity contribution in [3.05, 3.63) is 42.2 Å². The van der Waals surface area contributed by atoms with Crippen LogP contribution in [0.15, 0.2) is 36.7 Å². The summed E-state index contributed by atoms with van der Waals surface area (Å²) in [5, 5.41) is 7.02. The van der Waals surface area contributed by atoms with E-state index in [0.717, 1.165) is 17.7 Å². The molecule has 2 amide bonds. The Hall–Kier alpha value is -2.94. The van der Waals surface area contributed by atoms with Crippen LogP contribution in [0.5, 0.6) is 5.75 Å². The van der Waals surface area contributed by atoms with Gasteiger partial charge in [-0.1, -0.05) is 18.9 Å². The van der Waals surface area contributed by atoms with Gasteiger partial charge in [0.2, 0.25) is 0 Å². The third-order valence-electron chi connectivity index (χ3n) is 3.70. The maximum Gasteiger partial charge on any atom is 0.321 e. The van der Waals surface area contributed by atoms with Crippen molar-refractivity contribution in [1.29, 1.82) is 0 Å². The fourth-order valence-electron chi connectivity index (χ4n) is 2.20. The first kappa shape index (κ1) is 18.4. The second kappa shape index (κ2) is 8.78. The van der Waals surface area contributed by atoms with Gasteiger partial charge in [0.15, 0.2) is 0 Å². The number of carbonyl (C=O) groups excluding carboxylic acids is 1. The van der Waals surface area contributed by atoms with Gasteiger partial charge in [-0.05, 0) is 25.5 Å². The third-order valence-corrected chi connectivity index (χ3v) is 3.70. The average Bonchev–Trinajstić information content (AvgIpc) is 3.02. The third kappa shape index (κ3) is 5.57. The first-order valence-electron chi connectivity index (χ1n) is 8.25. The van der Waals surface area contributed by atoms with Crippen LogP contribution in [0, 0.1) is 12.3 Å². The summed E-state index contributed by atoms with van der Waals surface area (Å²) in [6, 6.07) is 7.19. The van der Waals surface area contributed by atoms with Gasteiger partial charge >= 0.3 is 6.03 Å². The van der Waals surface area contributed by atoms with Gasteiger partial charge in [-0.25, -0.2) is 4.79 Å². The number of urea groups is 1. The molecule has 0 aliphatic carbocycles. The number of nitrogens with zero attached hydrogens (tertiary/aromatic N) is 3. The second-order valence-corrected chi connectivity index (χ2v) is 5.90. The van der Waals surface area contributed by atoms with Crippen molar-refractivity contribution < 1.29 is 9.53 Å². The summed E-state index contributed by atoms with van der Waals surface area (Å²) >= 11 is 0. The molecule has 0 aliphatic rings. The topological polar surface area (TPSA) is 59.4 Å². The molecule has 1 N–H and O–H groups in total. The van der Waals surface area contributed by atoms with Crippen molar-refractivity contribution in [1.82, 2.24) is 14.7 Å². The molecular formula is C19H24N4O2. The molecule has 0 radical (unpaired) electrons. The highest BCUT2D eigenvalue weighted by Crippen LogP contribution is 2.19. The highest BCUT2D eigenvalue weighted by Gasteiger charge is 2.11. The fourth-order valence-corrected chi connectivity index (χ4v) is 2.20. The summed E-state index contributed by atoms with van der Waals surface area (Å²) in [4.78, 5) is 13.9.